The molecule has 0 bridgehead atoms. The molecule has 0 amide bonds. The maximum Gasteiger partial charge on any atom is 0.243 e. The second-order valence-corrected chi connectivity index (χ2v) is 6.65. The molecular formula is C10H12BrClFNO2S. The Morgan fingerprint density at radius 1 is 1.47 bits per heavy atom. The molecule has 96 valence electrons. The number of rotatable bonds is 4. The summed E-state index contributed by atoms with van der Waals surface area (Å²) >= 11 is 8.69. The lowest BCUT2D eigenvalue weighted by Crippen LogP contribution is -2.31. The third kappa shape index (κ3) is 3.64. The van der Waals surface area contributed by atoms with Crippen molar-refractivity contribution in [3.05, 3.63) is 28.0 Å². The lowest BCUT2D eigenvalue weighted by atomic mass is 10.2. The zero-order valence-corrected chi connectivity index (χ0v) is 12.5. The van der Waals surface area contributed by atoms with Crippen LogP contribution < -0.4 is 4.72 Å². The molecule has 7 heteroatoms. The average Bonchev–Trinajstić information content (AvgIpc) is 2.18. The Bertz CT molecular complexity index is 519. The van der Waals surface area contributed by atoms with Crippen molar-refractivity contribution in [1.29, 1.82) is 0 Å². The van der Waals surface area contributed by atoms with Crippen molar-refractivity contribution in [2.45, 2.75) is 30.7 Å². The second-order valence-electron chi connectivity index (χ2n) is 3.79. The number of hydrogen-bond acceptors (Lipinski definition) is 2. The minimum atomic E-state index is -3.86. The predicted octanol–water partition coefficient (Wildman–Crippen LogP) is 3.01. The van der Waals surface area contributed by atoms with Crippen LogP contribution in [0.4, 0.5) is 4.39 Å². The van der Waals surface area contributed by atoms with Crippen molar-refractivity contribution < 1.29 is 12.8 Å². The highest BCUT2D eigenvalue weighted by molar-refractivity contribution is 9.10. The number of benzene rings is 1. The highest BCUT2D eigenvalue weighted by Gasteiger charge is 2.22. The molecule has 0 heterocycles. The Morgan fingerprint density at radius 2 is 2.06 bits per heavy atom. The van der Waals surface area contributed by atoms with Crippen LogP contribution in [-0.4, -0.2) is 14.5 Å². The van der Waals surface area contributed by atoms with Gasteiger partial charge in [-0.05, 0) is 26.0 Å². The molecule has 0 radical (unpaired) electrons. The number of alkyl halides is 1. The molecule has 0 aliphatic heterocycles. The summed E-state index contributed by atoms with van der Waals surface area (Å²) in [7, 11) is -3.86. The largest absolute Gasteiger partial charge is 0.243 e. The van der Waals surface area contributed by atoms with E-state index in [4.69, 9.17) is 11.6 Å². The lowest BCUT2D eigenvalue weighted by molar-refractivity contribution is 0.545. The van der Waals surface area contributed by atoms with E-state index in [2.05, 4.69) is 20.7 Å². The third-order valence-corrected chi connectivity index (χ3v) is 4.31. The van der Waals surface area contributed by atoms with E-state index in [1.54, 1.807) is 13.8 Å². The van der Waals surface area contributed by atoms with Crippen molar-refractivity contribution in [2.24, 2.45) is 0 Å². The molecule has 0 fully saturated rings. The SMILES string of the molecule is CC(C)NS(=O)(=O)c1cc(Br)cc(CCl)c1F. The van der Waals surface area contributed by atoms with Gasteiger partial charge < -0.3 is 0 Å². The minimum absolute atomic E-state index is 0.0878. The lowest BCUT2D eigenvalue weighted by Gasteiger charge is -2.12. The van der Waals surface area contributed by atoms with E-state index in [1.165, 1.54) is 12.1 Å². The van der Waals surface area contributed by atoms with E-state index in [0.29, 0.717) is 4.47 Å². The summed E-state index contributed by atoms with van der Waals surface area (Å²) in [6, 6.07) is 2.37. The molecule has 0 aliphatic rings. The zero-order valence-electron chi connectivity index (χ0n) is 9.30. The minimum Gasteiger partial charge on any atom is -0.209 e. The van der Waals surface area contributed by atoms with Crippen molar-refractivity contribution in [3.8, 4) is 0 Å². The normalized spacial score (nSPS) is 12.1. The molecule has 0 unspecified atom stereocenters. The van der Waals surface area contributed by atoms with Crippen LogP contribution in [0.2, 0.25) is 0 Å². The second kappa shape index (κ2) is 5.65. The summed E-state index contributed by atoms with van der Waals surface area (Å²) in [5, 5.41) is 0. The topological polar surface area (TPSA) is 46.2 Å². The fourth-order valence-corrected chi connectivity index (χ4v) is 3.53. The van der Waals surface area contributed by atoms with E-state index in [1.807, 2.05) is 0 Å². The first kappa shape index (κ1) is 14.9. The number of sulfonamides is 1. The third-order valence-electron chi connectivity index (χ3n) is 1.90. The first-order chi connectivity index (χ1) is 7.77. The molecule has 0 aromatic heterocycles. The van der Waals surface area contributed by atoms with Gasteiger partial charge in [0.1, 0.15) is 10.7 Å². The van der Waals surface area contributed by atoms with Crippen LogP contribution in [0.1, 0.15) is 19.4 Å². The van der Waals surface area contributed by atoms with Gasteiger partial charge >= 0.3 is 0 Å². The van der Waals surface area contributed by atoms with E-state index < -0.39 is 20.7 Å². The van der Waals surface area contributed by atoms with Crippen molar-refractivity contribution in [2.75, 3.05) is 0 Å². The quantitative estimate of drug-likeness (QED) is 0.854. The van der Waals surface area contributed by atoms with E-state index in [9.17, 15) is 12.8 Å². The van der Waals surface area contributed by atoms with Gasteiger partial charge in [0.05, 0.1) is 5.88 Å². The van der Waals surface area contributed by atoms with Crippen LogP contribution in [0.3, 0.4) is 0 Å². The van der Waals surface area contributed by atoms with Crippen molar-refractivity contribution in [1.82, 2.24) is 4.72 Å². The van der Waals surface area contributed by atoms with Crippen LogP contribution in [0, 0.1) is 5.82 Å². The number of nitrogens with one attached hydrogen (secondary N) is 1. The van der Waals surface area contributed by atoms with Crippen LogP contribution in [0.5, 0.6) is 0 Å². The van der Waals surface area contributed by atoms with E-state index in [0.717, 1.165) is 0 Å². The summed E-state index contributed by atoms with van der Waals surface area (Å²) in [6.45, 7) is 3.33. The summed E-state index contributed by atoms with van der Waals surface area (Å²) in [5.74, 6) is -0.897. The molecule has 0 spiro atoms. The maximum atomic E-state index is 13.9. The molecule has 1 N–H and O–H groups in total. The Kier molecular flexibility index (Phi) is 4.95. The molecule has 1 aromatic carbocycles. The summed E-state index contributed by atoms with van der Waals surface area (Å²) < 4.78 is 40.4. The first-order valence-corrected chi connectivity index (χ1v) is 7.65. The molecule has 0 aliphatic carbocycles. The van der Waals surface area contributed by atoms with E-state index >= 15 is 0 Å². The summed E-state index contributed by atoms with van der Waals surface area (Å²) in [4.78, 5) is -0.392. The molecule has 0 saturated carbocycles. The van der Waals surface area contributed by atoms with Crippen molar-refractivity contribution in [3.63, 3.8) is 0 Å². The van der Waals surface area contributed by atoms with Crippen LogP contribution in [0.25, 0.3) is 0 Å². The Labute approximate surface area is 114 Å². The first-order valence-electron chi connectivity index (χ1n) is 4.84. The molecule has 1 rings (SSSR count). The maximum absolute atomic E-state index is 13.9. The molecule has 1 aromatic rings. The molecule has 3 nitrogen and oxygen atoms in total. The smallest absolute Gasteiger partial charge is 0.209 e. The van der Waals surface area contributed by atoms with Gasteiger partial charge in [0.25, 0.3) is 0 Å². The van der Waals surface area contributed by atoms with E-state index in [-0.39, 0.29) is 17.5 Å². The van der Waals surface area contributed by atoms with Crippen LogP contribution >= 0.6 is 27.5 Å². The molecular weight excluding hydrogens is 333 g/mol. The van der Waals surface area contributed by atoms with Crippen LogP contribution in [0.15, 0.2) is 21.5 Å². The van der Waals surface area contributed by atoms with Gasteiger partial charge in [-0.15, -0.1) is 11.6 Å². The monoisotopic (exact) mass is 343 g/mol. The molecule has 0 atom stereocenters. The highest BCUT2D eigenvalue weighted by atomic mass is 79.9. The van der Waals surface area contributed by atoms with Gasteiger partial charge in [-0.2, -0.15) is 0 Å². The standard InChI is InChI=1S/C10H12BrClFNO2S/c1-6(2)14-17(15,16)9-4-8(11)3-7(5-12)10(9)13/h3-4,6,14H,5H2,1-2H3. The van der Waals surface area contributed by atoms with Crippen LogP contribution in [-0.2, 0) is 15.9 Å². The summed E-state index contributed by atoms with van der Waals surface area (Å²) in [6.07, 6.45) is 0. The fourth-order valence-electron chi connectivity index (χ4n) is 1.28. The zero-order chi connectivity index (χ0) is 13.2. The summed E-state index contributed by atoms with van der Waals surface area (Å²) in [5.41, 5.74) is 0.144. The van der Waals surface area contributed by atoms with Gasteiger partial charge in [0, 0.05) is 16.1 Å². The average molecular weight is 345 g/mol. The number of hydrogen-bond donors (Lipinski definition) is 1. The predicted molar refractivity (Wildman–Crippen MR) is 69.1 cm³/mol. The Morgan fingerprint density at radius 3 is 2.53 bits per heavy atom. The molecule has 0 saturated heterocycles. The van der Waals surface area contributed by atoms with Gasteiger partial charge in [-0.3, -0.25) is 0 Å². The Hall–Kier alpha value is -0.170. The van der Waals surface area contributed by atoms with Gasteiger partial charge in [-0.25, -0.2) is 17.5 Å². The van der Waals surface area contributed by atoms with Gasteiger partial charge in [0.2, 0.25) is 10.0 Å². The van der Waals surface area contributed by atoms with Crippen molar-refractivity contribution >= 4 is 37.6 Å². The molecule has 17 heavy (non-hydrogen) atoms. The Balaban J connectivity index is 3.36. The fraction of sp³-hybridized carbons (Fsp3) is 0.400. The number of halogens is 3. The van der Waals surface area contributed by atoms with Gasteiger partial charge in [0.15, 0.2) is 0 Å². The van der Waals surface area contributed by atoms with Gasteiger partial charge in [-0.1, -0.05) is 15.9 Å². The highest BCUT2D eigenvalue weighted by Crippen LogP contribution is 2.25.